The van der Waals surface area contributed by atoms with Crippen molar-refractivity contribution in [3.8, 4) is 0 Å². The number of carbonyl (C=O) groups is 3. The van der Waals surface area contributed by atoms with Gasteiger partial charge in [-0.15, -0.1) is 0 Å². The number of rotatable bonds is 3. The number of carbonyl (C=O) groups excluding carboxylic acids is 1. The molecule has 7 heteroatoms. The fourth-order valence-corrected chi connectivity index (χ4v) is 2.54. The molecule has 1 aromatic carbocycles. The maximum atomic E-state index is 12.1. The number of benzene rings is 1. The lowest BCUT2D eigenvalue weighted by atomic mass is 9.98. The zero-order chi connectivity index (χ0) is 15.6. The summed E-state index contributed by atoms with van der Waals surface area (Å²) in [4.78, 5) is 35.2. The number of carboxylic acids is 1. The molecule has 2 rings (SSSR count). The predicted octanol–water partition coefficient (Wildman–Crippen LogP) is 1.01. The summed E-state index contributed by atoms with van der Waals surface area (Å²) < 4.78 is 0. The summed E-state index contributed by atoms with van der Waals surface area (Å²) in [6.07, 6.45) is -1.27. The van der Waals surface area contributed by atoms with Gasteiger partial charge in [0, 0.05) is 18.5 Å². The van der Waals surface area contributed by atoms with Crippen LogP contribution in [0.2, 0.25) is 0 Å². The molecule has 1 aliphatic heterocycles. The van der Waals surface area contributed by atoms with Gasteiger partial charge < -0.3 is 15.5 Å². The Balaban J connectivity index is 2.15. The van der Waals surface area contributed by atoms with E-state index in [1.807, 2.05) is 0 Å². The van der Waals surface area contributed by atoms with Gasteiger partial charge in [0.2, 0.25) is 0 Å². The van der Waals surface area contributed by atoms with Crippen molar-refractivity contribution in [2.24, 2.45) is 0 Å². The highest BCUT2D eigenvalue weighted by molar-refractivity contribution is 5.95. The van der Waals surface area contributed by atoms with Crippen LogP contribution in [-0.4, -0.2) is 51.2 Å². The minimum atomic E-state index is -1.31. The Morgan fingerprint density at radius 1 is 1.24 bits per heavy atom. The molecule has 0 aliphatic carbocycles. The van der Waals surface area contributed by atoms with Crippen LogP contribution < -0.4 is 5.32 Å². The van der Waals surface area contributed by atoms with Crippen LogP contribution in [0.15, 0.2) is 30.3 Å². The molecule has 3 N–H and O–H groups in total. The molecule has 1 heterocycles. The molecule has 0 saturated carbocycles. The number of hydrogen-bond donors (Lipinski definition) is 3. The van der Waals surface area contributed by atoms with E-state index in [1.54, 1.807) is 37.3 Å². The summed E-state index contributed by atoms with van der Waals surface area (Å²) in [5.74, 6) is -1.57. The third-order valence-corrected chi connectivity index (χ3v) is 3.52. The Morgan fingerprint density at radius 2 is 1.86 bits per heavy atom. The van der Waals surface area contributed by atoms with E-state index >= 15 is 0 Å². The lowest BCUT2D eigenvalue weighted by molar-refractivity contribution is -0.141. The summed E-state index contributed by atoms with van der Waals surface area (Å²) in [6, 6.07) is 7.34. The van der Waals surface area contributed by atoms with Crippen LogP contribution in [-0.2, 0) is 4.79 Å². The van der Waals surface area contributed by atoms with Crippen molar-refractivity contribution in [1.29, 1.82) is 0 Å². The van der Waals surface area contributed by atoms with Crippen LogP contribution in [0.25, 0.3) is 0 Å². The molecule has 2 amide bonds. The van der Waals surface area contributed by atoms with Crippen molar-refractivity contribution in [3.05, 3.63) is 35.9 Å². The van der Waals surface area contributed by atoms with Crippen LogP contribution in [0.5, 0.6) is 0 Å². The van der Waals surface area contributed by atoms with Crippen LogP contribution in [0.4, 0.5) is 4.79 Å². The summed E-state index contributed by atoms with van der Waals surface area (Å²) in [5, 5.41) is 20.9. The van der Waals surface area contributed by atoms with E-state index in [0.29, 0.717) is 5.56 Å². The van der Waals surface area contributed by atoms with Gasteiger partial charge in [0.1, 0.15) is 6.04 Å². The molecule has 0 spiro atoms. The molecule has 0 aromatic heterocycles. The number of amides is 2. The van der Waals surface area contributed by atoms with Gasteiger partial charge in [-0.2, -0.15) is 0 Å². The molecule has 0 unspecified atom stereocenters. The molecule has 1 fully saturated rings. The summed E-state index contributed by atoms with van der Waals surface area (Å²) in [7, 11) is 0. The molecule has 1 aliphatic rings. The molecule has 21 heavy (non-hydrogen) atoms. The third kappa shape index (κ3) is 3.13. The van der Waals surface area contributed by atoms with Crippen molar-refractivity contribution in [2.75, 3.05) is 6.54 Å². The minimum Gasteiger partial charge on any atom is -0.480 e. The van der Waals surface area contributed by atoms with Gasteiger partial charge in [0.15, 0.2) is 0 Å². The molecule has 1 aromatic rings. The fourth-order valence-electron chi connectivity index (χ4n) is 2.54. The highest BCUT2D eigenvalue weighted by Crippen LogP contribution is 2.27. The molecule has 0 bridgehead atoms. The van der Waals surface area contributed by atoms with Gasteiger partial charge in [-0.05, 0) is 19.1 Å². The molecule has 1 saturated heterocycles. The first-order valence-corrected chi connectivity index (χ1v) is 6.42. The number of nitrogens with one attached hydrogen (secondary N) is 1. The first-order valence-electron chi connectivity index (χ1n) is 6.42. The van der Waals surface area contributed by atoms with E-state index in [2.05, 4.69) is 5.32 Å². The predicted molar refractivity (Wildman–Crippen MR) is 73.1 cm³/mol. The van der Waals surface area contributed by atoms with Crippen molar-refractivity contribution in [3.63, 3.8) is 0 Å². The van der Waals surface area contributed by atoms with Crippen molar-refractivity contribution in [2.45, 2.75) is 24.9 Å². The quantitative estimate of drug-likeness (QED) is 0.770. The zero-order valence-electron chi connectivity index (χ0n) is 11.4. The SMILES string of the molecule is C[C@@]1(NC(=O)c2ccccc2)C[C@@H](C(=O)O)N(C(=O)O)C1. The number of likely N-dealkylation sites (tertiary alicyclic amines) is 1. The van der Waals surface area contributed by atoms with Gasteiger partial charge in [-0.1, -0.05) is 18.2 Å². The van der Waals surface area contributed by atoms with Gasteiger partial charge >= 0.3 is 12.1 Å². The second-order valence-electron chi connectivity index (χ2n) is 5.35. The van der Waals surface area contributed by atoms with Crippen molar-refractivity contribution in [1.82, 2.24) is 10.2 Å². The van der Waals surface area contributed by atoms with E-state index in [4.69, 9.17) is 10.2 Å². The Labute approximate surface area is 121 Å². The van der Waals surface area contributed by atoms with E-state index < -0.39 is 23.6 Å². The first-order chi connectivity index (χ1) is 9.82. The molecular weight excluding hydrogens is 276 g/mol. The van der Waals surface area contributed by atoms with Crippen LogP contribution in [0.1, 0.15) is 23.7 Å². The van der Waals surface area contributed by atoms with Gasteiger partial charge in [0.05, 0.1) is 5.54 Å². The maximum Gasteiger partial charge on any atom is 0.408 e. The lowest BCUT2D eigenvalue weighted by Crippen LogP contribution is -2.48. The second kappa shape index (κ2) is 5.43. The fraction of sp³-hybridized carbons (Fsp3) is 0.357. The zero-order valence-corrected chi connectivity index (χ0v) is 11.4. The Morgan fingerprint density at radius 3 is 2.33 bits per heavy atom. The maximum absolute atomic E-state index is 12.1. The van der Waals surface area contributed by atoms with E-state index in [9.17, 15) is 14.4 Å². The van der Waals surface area contributed by atoms with Crippen LogP contribution in [0.3, 0.4) is 0 Å². The first kappa shape index (κ1) is 14.8. The molecule has 0 radical (unpaired) electrons. The smallest absolute Gasteiger partial charge is 0.408 e. The average Bonchev–Trinajstić information content (AvgIpc) is 2.78. The van der Waals surface area contributed by atoms with Crippen LogP contribution >= 0.6 is 0 Å². The summed E-state index contributed by atoms with van der Waals surface area (Å²) in [5.41, 5.74) is -0.464. The van der Waals surface area contributed by atoms with Crippen molar-refractivity contribution < 1.29 is 24.6 Å². The molecule has 7 nitrogen and oxygen atoms in total. The second-order valence-corrected chi connectivity index (χ2v) is 5.35. The topological polar surface area (TPSA) is 107 Å². The number of nitrogens with zero attached hydrogens (tertiary/aromatic N) is 1. The highest BCUT2D eigenvalue weighted by Gasteiger charge is 2.47. The number of hydrogen-bond acceptors (Lipinski definition) is 3. The van der Waals surface area contributed by atoms with E-state index in [1.165, 1.54) is 0 Å². The minimum absolute atomic E-state index is 0.0349. The Bertz CT molecular complexity index is 550. The molecule has 112 valence electrons. The van der Waals surface area contributed by atoms with E-state index in [0.717, 1.165) is 4.90 Å². The lowest BCUT2D eigenvalue weighted by Gasteiger charge is -2.25. The van der Waals surface area contributed by atoms with Gasteiger partial charge in [-0.3, -0.25) is 9.69 Å². The molecular formula is C14H16N2O5. The monoisotopic (exact) mass is 292 g/mol. The Hall–Kier alpha value is -2.57. The average molecular weight is 292 g/mol. The van der Waals surface area contributed by atoms with E-state index in [-0.39, 0.29) is 18.9 Å². The largest absolute Gasteiger partial charge is 0.480 e. The Kier molecular flexibility index (Phi) is 3.84. The van der Waals surface area contributed by atoms with Gasteiger partial charge in [-0.25, -0.2) is 9.59 Å². The molecule has 2 atom stereocenters. The van der Waals surface area contributed by atoms with Crippen molar-refractivity contribution >= 4 is 18.0 Å². The third-order valence-electron chi connectivity index (χ3n) is 3.52. The standard InChI is InChI=1S/C14H16N2O5/c1-14(15-11(17)9-5-3-2-4-6-9)7-10(12(18)19)16(8-14)13(20)21/h2-6,10H,7-8H2,1H3,(H,15,17)(H,18,19)(H,20,21)/t10-,14+/m0/s1. The number of carboxylic acid groups (broad SMARTS) is 2. The highest BCUT2D eigenvalue weighted by atomic mass is 16.4. The normalized spacial score (nSPS) is 24.6. The number of aliphatic carboxylic acids is 1. The van der Waals surface area contributed by atoms with Gasteiger partial charge in [0.25, 0.3) is 5.91 Å². The summed E-state index contributed by atoms with van der Waals surface area (Å²) >= 11 is 0. The summed E-state index contributed by atoms with van der Waals surface area (Å²) in [6.45, 7) is 1.59. The van der Waals surface area contributed by atoms with Crippen LogP contribution in [0, 0.1) is 0 Å².